The van der Waals surface area contributed by atoms with E-state index >= 15 is 0 Å². The van der Waals surface area contributed by atoms with Gasteiger partial charge in [0.2, 0.25) is 0 Å². The highest BCUT2D eigenvalue weighted by molar-refractivity contribution is 14.1. The molecule has 0 atom stereocenters. The second kappa shape index (κ2) is 11.8. The van der Waals surface area contributed by atoms with Gasteiger partial charge < -0.3 is 4.74 Å². The van der Waals surface area contributed by atoms with Gasteiger partial charge in [0.25, 0.3) is 5.56 Å². The Bertz CT molecular complexity index is 1550. The van der Waals surface area contributed by atoms with Gasteiger partial charge in [-0.2, -0.15) is 9.78 Å². The number of benzene rings is 3. The SMILES string of the molecule is O=c1c2cc(Br)ccc2nc(C2CCCCC2)n1N=Cc1ccc(OCc2ccc(Cl)c(Cl)c2)c(I)c1. The first-order valence-electron chi connectivity index (χ1n) is 12.0. The van der Waals surface area contributed by atoms with Gasteiger partial charge in [-0.3, -0.25) is 4.79 Å². The number of hydrogen-bond acceptors (Lipinski definition) is 4. The van der Waals surface area contributed by atoms with Crippen molar-refractivity contribution in [2.75, 3.05) is 0 Å². The van der Waals surface area contributed by atoms with Crippen LogP contribution in [0.4, 0.5) is 0 Å². The van der Waals surface area contributed by atoms with Crippen LogP contribution in [-0.2, 0) is 6.61 Å². The molecule has 0 aliphatic heterocycles. The highest BCUT2D eigenvalue weighted by atomic mass is 127. The Balaban J connectivity index is 1.42. The fourth-order valence-electron chi connectivity index (χ4n) is 4.53. The lowest BCUT2D eigenvalue weighted by molar-refractivity contribution is 0.304. The second-order valence-corrected chi connectivity index (χ2v) is 11.9. The lowest BCUT2D eigenvalue weighted by Crippen LogP contribution is -2.25. The van der Waals surface area contributed by atoms with E-state index < -0.39 is 0 Å². The topological polar surface area (TPSA) is 56.5 Å². The number of rotatable bonds is 6. The van der Waals surface area contributed by atoms with Crippen molar-refractivity contribution < 1.29 is 4.74 Å². The van der Waals surface area contributed by atoms with Gasteiger partial charge in [-0.15, -0.1) is 0 Å². The number of hydrogen-bond donors (Lipinski definition) is 0. The monoisotopic (exact) mass is 709 g/mol. The summed E-state index contributed by atoms with van der Waals surface area (Å²) in [5.41, 5.74) is 2.35. The Morgan fingerprint density at radius 3 is 2.62 bits per heavy atom. The standard InChI is InChI=1S/C28H23BrCl2IN3O2/c29-20-8-10-25-21(14-20)28(36)35(27(34-25)19-4-2-1-3-5-19)33-15-17-7-11-26(24(32)13-17)37-16-18-6-9-22(30)23(31)12-18/h6-15,19H,1-5,16H2. The van der Waals surface area contributed by atoms with Crippen molar-refractivity contribution in [3.05, 3.63) is 100.0 Å². The van der Waals surface area contributed by atoms with Gasteiger partial charge in [0.1, 0.15) is 18.2 Å². The van der Waals surface area contributed by atoms with Crippen LogP contribution in [0.25, 0.3) is 10.9 Å². The smallest absolute Gasteiger partial charge is 0.282 e. The second-order valence-electron chi connectivity index (χ2n) is 9.05. The zero-order valence-corrected chi connectivity index (χ0v) is 25.0. The van der Waals surface area contributed by atoms with Crippen molar-refractivity contribution in [3.8, 4) is 5.75 Å². The molecule has 1 heterocycles. The summed E-state index contributed by atoms with van der Waals surface area (Å²) in [6.07, 6.45) is 7.26. The van der Waals surface area contributed by atoms with Gasteiger partial charge in [0.15, 0.2) is 0 Å². The summed E-state index contributed by atoms with van der Waals surface area (Å²) in [6, 6.07) is 16.9. The summed E-state index contributed by atoms with van der Waals surface area (Å²) in [6.45, 7) is 0.374. The van der Waals surface area contributed by atoms with Crippen LogP contribution in [0, 0.1) is 3.57 Å². The number of fused-ring (bicyclic) bond motifs is 1. The molecular formula is C28H23BrCl2IN3O2. The minimum Gasteiger partial charge on any atom is -0.488 e. The summed E-state index contributed by atoms with van der Waals surface area (Å²) in [5, 5.41) is 6.21. The van der Waals surface area contributed by atoms with Crippen molar-refractivity contribution in [1.29, 1.82) is 0 Å². The largest absolute Gasteiger partial charge is 0.488 e. The van der Waals surface area contributed by atoms with E-state index in [2.05, 4.69) is 43.6 Å². The summed E-state index contributed by atoms with van der Waals surface area (Å²) in [4.78, 5) is 18.4. The fraction of sp³-hybridized carbons (Fsp3) is 0.250. The molecule has 190 valence electrons. The molecule has 9 heteroatoms. The molecule has 5 nitrogen and oxygen atoms in total. The molecule has 37 heavy (non-hydrogen) atoms. The number of aromatic nitrogens is 2. The molecule has 0 N–H and O–H groups in total. The van der Waals surface area contributed by atoms with E-state index in [4.69, 9.17) is 32.9 Å². The average molecular weight is 711 g/mol. The van der Waals surface area contributed by atoms with E-state index in [1.165, 1.54) is 11.1 Å². The van der Waals surface area contributed by atoms with Crippen LogP contribution in [0.5, 0.6) is 5.75 Å². The van der Waals surface area contributed by atoms with Gasteiger partial charge in [0, 0.05) is 10.4 Å². The van der Waals surface area contributed by atoms with Crippen LogP contribution in [0.15, 0.2) is 69.0 Å². The maximum absolute atomic E-state index is 13.5. The zero-order chi connectivity index (χ0) is 25.9. The van der Waals surface area contributed by atoms with Crippen molar-refractivity contribution in [1.82, 2.24) is 9.66 Å². The Kier molecular flexibility index (Phi) is 8.53. The van der Waals surface area contributed by atoms with Crippen LogP contribution >= 0.6 is 61.7 Å². The Hall–Kier alpha value is -1.94. The summed E-state index contributed by atoms with van der Waals surface area (Å²) in [5.74, 6) is 1.72. The van der Waals surface area contributed by atoms with E-state index in [0.717, 1.165) is 56.4 Å². The molecule has 1 aliphatic rings. The molecular weight excluding hydrogens is 688 g/mol. The predicted molar refractivity (Wildman–Crippen MR) is 162 cm³/mol. The molecule has 0 saturated heterocycles. The first-order chi connectivity index (χ1) is 17.9. The number of halogens is 4. The van der Waals surface area contributed by atoms with Crippen LogP contribution in [0.2, 0.25) is 10.0 Å². The molecule has 3 aromatic carbocycles. The van der Waals surface area contributed by atoms with E-state index in [1.54, 1.807) is 18.3 Å². The van der Waals surface area contributed by atoms with Gasteiger partial charge in [-0.05, 0) is 95.1 Å². The molecule has 4 aromatic rings. The normalized spacial score (nSPS) is 14.5. The lowest BCUT2D eigenvalue weighted by atomic mass is 9.88. The minimum absolute atomic E-state index is 0.153. The van der Waals surface area contributed by atoms with E-state index in [1.807, 2.05) is 42.5 Å². The van der Waals surface area contributed by atoms with Crippen LogP contribution in [-0.4, -0.2) is 15.9 Å². The summed E-state index contributed by atoms with van der Waals surface area (Å²) in [7, 11) is 0. The van der Waals surface area contributed by atoms with E-state index in [-0.39, 0.29) is 11.5 Å². The first kappa shape index (κ1) is 26.7. The van der Waals surface area contributed by atoms with Crippen molar-refractivity contribution in [3.63, 3.8) is 0 Å². The van der Waals surface area contributed by atoms with Gasteiger partial charge in [-0.25, -0.2) is 4.98 Å². The van der Waals surface area contributed by atoms with Crippen LogP contribution in [0.3, 0.4) is 0 Å². The summed E-state index contributed by atoms with van der Waals surface area (Å²) < 4.78 is 9.25. The Morgan fingerprint density at radius 2 is 1.86 bits per heavy atom. The maximum Gasteiger partial charge on any atom is 0.282 e. The van der Waals surface area contributed by atoms with E-state index in [9.17, 15) is 4.79 Å². The van der Waals surface area contributed by atoms with Crippen molar-refractivity contribution >= 4 is 78.8 Å². The third kappa shape index (κ3) is 6.21. The van der Waals surface area contributed by atoms with E-state index in [0.29, 0.717) is 27.6 Å². The highest BCUT2D eigenvalue weighted by Gasteiger charge is 2.22. The molecule has 1 aliphatic carbocycles. The molecule has 1 aromatic heterocycles. The third-order valence-electron chi connectivity index (χ3n) is 6.46. The quantitative estimate of drug-likeness (QED) is 0.149. The van der Waals surface area contributed by atoms with Crippen molar-refractivity contribution in [2.45, 2.75) is 44.6 Å². The van der Waals surface area contributed by atoms with Crippen LogP contribution < -0.4 is 10.3 Å². The Labute approximate surface area is 247 Å². The van der Waals surface area contributed by atoms with Crippen LogP contribution in [0.1, 0.15) is 55.0 Å². The fourth-order valence-corrected chi connectivity index (χ4v) is 5.91. The Morgan fingerprint density at radius 1 is 1.05 bits per heavy atom. The van der Waals surface area contributed by atoms with Crippen molar-refractivity contribution in [2.24, 2.45) is 5.10 Å². The maximum atomic E-state index is 13.5. The summed E-state index contributed by atoms with van der Waals surface area (Å²) >= 11 is 17.8. The third-order valence-corrected chi connectivity index (χ3v) is 8.54. The van der Waals surface area contributed by atoms with Gasteiger partial charge in [-0.1, -0.05) is 64.5 Å². The molecule has 0 bridgehead atoms. The van der Waals surface area contributed by atoms with Gasteiger partial charge >= 0.3 is 0 Å². The molecule has 0 radical (unpaired) electrons. The molecule has 0 spiro atoms. The predicted octanol–water partition coefficient (Wildman–Crippen LogP) is 8.58. The number of ether oxygens (including phenoxy) is 1. The average Bonchev–Trinajstić information content (AvgIpc) is 2.90. The lowest BCUT2D eigenvalue weighted by Gasteiger charge is -2.22. The highest BCUT2D eigenvalue weighted by Crippen LogP contribution is 2.32. The molecule has 1 saturated carbocycles. The van der Waals surface area contributed by atoms with Gasteiger partial charge in [0.05, 0.1) is 30.7 Å². The molecule has 0 unspecified atom stereocenters. The molecule has 0 amide bonds. The zero-order valence-electron chi connectivity index (χ0n) is 19.8. The minimum atomic E-state index is -0.153. The molecule has 1 fully saturated rings. The first-order valence-corrected chi connectivity index (χ1v) is 14.6. The molecule has 5 rings (SSSR count). The number of nitrogens with zero attached hydrogens (tertiary/aromatic N) is 3.